The van der Waals surface area contributed by atoms with Crippen molar-refractivity contribution in [3.8, 4) is 0 Å². The van der Waals surface area contributed by atoms with Crippen molar-refractivity contribution in [1.29, 1.82) is 0 Å². The summed E-state index contributed by atoms with van der Waals surface area (Å²) in [5.41, 5.74) is 2.76. The molecule has 0 bridgehead atoms. The number of ketones is 1. The summed E-state index contributed by atoms with van der Waals surface area (Å²) in [7, 11) is 0. The van der Waals surface area contributed by atoms with Crippen LogP contribution in [0, 0.1) is 0 Å². The molecule has 31 heavy (non-hydrogen) atoms. The molecule has 4 heteroatoms. The maximum Gasteiger partial charge on any atom is 0.295 e. The van der Waals surface area contributed by atoms with E-state index in [-0.39, 0.29) is 11.3 Å². The number of aliphatic hydroxyl groups is 1. The number of amides is 1. The number of aryl methyl sites for hydroxylation is 1. The third-order valence-corrected chi connectivity index (χ3v) is 6.04. The van der Waals surface area contributed by atoms with Crippen LogP contribution >= 0.6 is 0 Å². The van der Waals surface area contributed by atoms with E-state index in [9.17, 15) is 14.7 Å². The summed E-state index contributed by atoms with van der Waals surface area (Å²) in [6.45, 7) is 4.62. The van der Waals surface area contributed by atoms with Crippen molar-refractivity contribution in [2.45, 2.75) is 39.2 Å². The van der Waals surface area contributed by atoms with Gasteiger partial charge < -0.3 is 10.0 Å². The second-order valence-electron chi connectivity index (χ2n) is 7.97. The summed E-state index contributed by atoms with van der Waals surface area (Å²) in [5.74, 6) is -1.27. The predicted molar refractivity (Wildman–Crippen MR) is 124 cm³/mol. The van der Waals surface area contributed by atoms with Crippen LogP contribution in [0.25, 0.3) is 16.5 Å². The molecule has 0 aromatic heterocycles. The highest BCUT2D eigenvalue weighted by Crippen LogP contribution is 2.40. The number of Topliss-reactive ketones (excluding diaryl/α,β-unsaturated/α-hetero) is 1. The summed E-state index contributed by atoms with van der Waals surface area (Å²) >= 11 is 0. The van der Waals surface area contributed by atoms with E-state index >= 15 is 0 Å². The summed E-state index contributed by atoms with van der Waals surface area (Å²) in [6, 6.07) is 20.7. The standard InChI is InChI=1S/C27H27NO3/c1-3-5-17-28-24(20-15-13-18(4-2)14-16-20)23(26(30)27(28)31)25(29)22-12-8-10-19-9-6-7-11-21(19)22/h6-16,24,29H,3-5,17H2,1-2H3/b25-23-. The number of aliphatic hydroxyl groups excluding tert-OH is 1. The molecule has 1 N–H and O–H groups in total. The summed E-state index contributed by atoms with van der Waals surface area (Å²) in [4.78, 5) is 27.7. The third-order valence-electron chi connectivity index (χ3n) is 6.04. The van der Waals surface area contributed by atoms with Crippen LogP contribution in [-0.2, 0) is 16.0 Å². The molecule has 4 nitrogen and oxygen atoms in total. The average molecular weight is 414 g/mol. The zero-order valence-electron chi connectivity index (χ0n) is 18.0. The fourth-order valence-corrected chi connectivity index (χ4v) is 4.30. The summed E-state index contributed by atoms with van der Waals surface area (Å²) < 4.78 is 0. The Morgan fingerprint density at radius 3 is 2.35 bits per heavy atom. The smallest absolute Gasteiger partial charge is 0.295 e. The van der Waals surface area contributed by atoms with E-state index < -0.39 is 17.7 Å². The normalized spacial score (nSPS) is 18.1. The molecule has 1 saturated heterocycles. The Balaban J connectivity index is 1.91. The highest BCUT2D eigenvalue weighted by Gasteiger charge is 2.45. The Labute approximate surface area is 182 Å². The molecule has 1 aliphatic rings. The van der Waals surface area contributed by atoms with Crippen molar-refractivity contribution in [2.24, 2.45) is 0 Å². The molecular weight excluding hydrogens is 386 g/mol. The number of hydrogen-bond acceptors (Lipinski definition) is 3. The lowest BCUT2D eigenvalue weighted by atomic mass is 9.93. The van der Waals surface area contributed by atoms with E-state index in [1.54, 1.807) is 11.0 Å². The van der Waals surface area contributed by atoms with Gasteiger partial charge in [-0.2, -0.15) is 0 Å². The fraction of sp³-hybridized carbons (Fsp3) is 0.259. The average Bonchev–Trinajstić information content (AvgIpc) is 3.06. The molecule has 3 aromatic carbocycles. The van der Waals surface area contributed by atoms with Gasteiger partial charge in [0.15, 0.2) is 0 Å². The first kappa shape index (κ1) is 20.9. The number of benzene rings is 3. The van der Waals surface area contributed by atoms with Gasteiger partial charge >= 0.3 is 0 Å². The Morgan fingerprint density at radius 1 is 0.935 bits per heavy atom. The van der Waals surface area contributed by atoms with Gasteiger partial charge in [0.2, 0.25) is 0 Å². The first-order valence-electron chi connectivity index (χ1n) is 10.9. The number of unbranched alkanes of at least 4 members (excludes halogenated alkanes) is 1. The van der Waals surface area contributed by atoms with Gasteiger partial charge in [-0.15, -0.1) is 0 Å². The minimum atomic E-state index is -0.619. The largest absolute Gasteiger partial charge is 0.507 e. The highest BCUT2D eigenvalue weighted by molar-refractivity contribution is 6.46. The molecule has 158 valence electrons. The van der Waals surface area contributed by atoms with Crippen LogP contribution in [0.3, 0.4) is 0 Å². The monoisotopic (exact) mass is 413 g/mol. The van der Waals surface area contributed by atoms with Crippen LogP contribution in [0.15, 0.2) is 72.3 Å². The number of hydrogen-bond donors (Lipinski definition) is 1. The van der Waals surface area contributed by atoms with Crippen LogP contribution < -0.4 is 0 Å². The van der Waals surface area contributed by atoms with Crippen molar-refractivity contribution < 1.29 is 14.7 Å². The second-order valence-corrected chi connectivity index (χ2v) is 7.97. The fourth-order valence-electron chi connectivity index (χ4n) is 4.30. The molecule has 4 rings (SSSR count). The summed E-state index contributed by atoms with van der Waals surface area (Å²) in [5, 5.41) is 13.2. The molecule has 1 amide bonds. The van der Waals surface area contributed by atoms with Crippen LogP contribution in [0.2, 0.25) is 0 Å². The minimum absolute atomic E-state index is 0.112. The number of carbonyl (C=O) groups excluding carboxylic acids is 2. The van der Waals surface area contributed by atoms with Gasteiger partial charge in [0, 0.05) is 12.1 Å². The zero-order chi connectivity index (χ0) is 22.0. The number of likely N-dealkylation sites (tertiary alicyclic amines) is 1. The van der Waals surface area contributed by atoms with Gasteiger partial charge in [0.1, 0.15) is 5.76 Å². The van der Waals surface area contributed by atoms with E-state index in [0.29, 0.717) is 12.1 Å². The molecular formula is C27H27NO3. The Kier molecular flexibility index (Phi) is 5.90. The quantitative estimate of drug-likeness (QED) is 0.324. The predicted octanol–water partition coefficient (Wildman–Crippen LogP) is 5.62. The van der Waals surface area contributed by atoms with Crippen LogP contribution in [0.4, 0.5) is 0 Å². The molecule has 1 atom stereocenters. The number of fused-ring (bicyclic) bond motifs is 1. The molecule has 1 heterocycles. The summed E-state index contributed by atoms with van der Waals surface area (Å²) in [6.07, 6.45) is 2.62. The molecule has 1 fully saturated rings. The SMILES string of the molecule is CCCCN1C(=O)C(=O)/C(=C(\O)c2cccc3ccccc23)C1c1ccc(CC)cc1. The number of carbonyl (C=O) groups is 2. The van der Waals surface area contributed by atoms with E-state index in [4.69, 9.17) is 0 Å². The lowest BCUT2D eigenvalue weighted by Crippen LogP contribution is -2.30. The molecule has 0 spiro atoms. The maximum absolute atomic E-state index is 13.1. The molecule has 1 aliphatic heterocycles. The van der Waals surface area contributed by atoms with E-state index in [1.807, 2.05) is 60.7 Å². The van der Waals surface area contributed by atoms with Gasteiger partial charge in [0.05, 0.1) is 11.6 Å². The first-order valence-corrected chi connectivity index (χ1v) is 10.9. The Bertz CT molecular complexity index is 1160. The molecule has 3 aromatic rings. The van der Waals surface area contributed by atoms with Crippen molar-refractivity contribution in [3.05, 3.63) is 89.0 Å². The Hall–Kier alpha value is -3.40. The second kappa shape index (κ2) is 8.76. The van der Waals surface area contributed by atoms with E-state index in [0.717, 1.165) is 35.6 Å². The van der Waals surface area contributed by atoms with E-state index in [2.05, 4.69) is 13.8 Å². The third kappa shape index (κ3) is 3.74. The van der Waals surface area contributed by atoms with Crippen molar-refractivity contribution in [2.75, 3.05) is 6.54 Å². The number of nitrogens with zero attached hydrogens (tertiary/aromatic N) is 1. The topological polar surface area (TPSA) is 57.6 Å². The zero-order valence-corrected chi connectivity index (χ0v) is 18.0. The van der Waals surface area contributed by atoms with Gasteiger partial charge in [-0.1, -0.05) is 87.0 Å². The van der Waals surface area contributed by atoms with Crippen molar-refractivity contribution >= 4 is 28.2 Å². The Morgan fingerprint density at radius 2 is 1.65 bits per heavy atom. The number of rotatable bonds is 6. The molecule has 0 radical (unpaired) electrons. The van der Waals surface area contributed by atoms with Gasteiger partial charge in [0.25, 0.3) is 11.7 Å². The molecule has 0 saturated carbocycles. The van der Waals surface area contributed by atoms with Gasteiger partial charge in [-0.05, 0) is 34.7 Å². The lowest BCUT2D eigenvalue weighted by Gasteiger charge is -2.25. The maximum atomic E-state index is 13.1. The van der Waals surface area contributed by atoms with Gasteiger partial charge in [-0.3, -0.25) is 9.59 Å². The van der Waals surface area contributed by atoms with Crippen molar-refractivity contribution in [3.63, 3.8) is 0 Å². The molecule has 0 aliphatic carbocycles. The first-order chi connectivity index (χ1) is 15.1. The highest BCUT2D eigenvalue weighted by atomic mass is 16.3. The molecule has 1 unspecified atom stereocenters. The van der Waals surface area contributed by atoms with Gasteiger partial charge in [-0.25, -0.2) is 0 Å². The van der Waals surface area contributed by atoms with Crippen LogP contribution in [0.5, 0.6) is 0 Å². The van der Waals surface area contributed by atoms with Crippen LogP contribution in [0.1, 0.15) is 49.4 Å². The minimum Gasteiger partial charge on any atom is -0.507 e. The van der Waals surface area contributed by atoms with E-state index in [1.165, 1.54) is 5.56 Å². The van der Waals surface area contributed by atoms with Crippen molar-refractivity contribution in [1.82, 2.24) is 4.90 Å². The lowest BCUT2D eigenvalue weighted by molar-refractivity contribution is -0.139. The van der Waals surface area contributed by atoms with Crippen LogP contribution in [-0.4, -0.2) is 28.2 Å².